The Morgan fingerprint density at radius 2 is 1.74 bits per heavy atom. The van der Waals surface area contributed by atoms with Crippen molar-refractivity contribution in [2.45, 2.75) is 32.0 Å². The van der Waals surface area contributed by atoms with Crippen molar-refractivity contribution in [3.05, 3.63) is 87.7 Å². The number of carbonyl (C=O) groups is 2. The number of hydrogen-bond donors (Lipinski definition) is 1. The van der Waals surface area contributed by atoms with E-state index in [1.807, 2.05) is 0 Å². The van der Waals surface area contributed by atoms with Gasteiger partial charge in [-0.1, -0.05) is 47.5 Å². The van der Waals surface area contributed by atoms with Crippen LogP contribution >= 0.6 is 23.2 Å². The van der Waals surface area contributed by atoms with E-state index in [2.05, 4.69) is 15.0 Å². The first-order valence-electron chi connectivity index (χ1n) is 11.8. The maximum Gasteiger partial charge on any atom is 0.387 e. The predicted molar refractivity (Wildman–Crippen MR) is 137 cm³/mol. The zero-order valence-electron chi connectivity index (χ0n) is 20.0. The lowest BCUT2D eigenvalue weighted by atomic mass is 10.0. The van der Waals surface area contributed by atoms with Gasteiger partial charge < -0.3 is 19.5 Å². The zero-order chi connectivity index (χ0) is 27.1. The molecule has 0 unspecified atom stereocenters. The molecule has 1 atom stereocenters. The number of ether oxygens (including phenoxy) is 3. The Balaban J connectivity index is 1.56. The van der Waals surface area contributed by atoms with Gasteiger partial charge in [0, 0.05) is 24.4 Å². The van der Waals surface area contributed by atoms with E-state index in [0.717, 1.165) is 12.8 Å². The lowest BCUT2D eigenvalue weighted by Crippen LogP contribution is -2.31. The fourth-order valence-electron chi connectivity index (χ4n) is 3.61. The van der Waals surface area contributed by atoms with Crippen LogP contribution in [0.5, 0.6) is 11.5 Å². The zero-order valence-corrected chi connectivity index (χ0v) is 21.6. The second kappa shape index (κ2) is 12.9. The first kappa shape index (κ1) is 27.6. The summed E-state index contributed by atoms with van der Waals surface area (Å²) in [6, 6.07) is 12.7. The summed E-state index contributed by atoms with van der Waals surface area (Å²) in [5.41, 5.74) is 1.30. The third-order valence-corrected chi connectivity index (χ3v) is 6.42. The summed E-state index contributed by atoms with van der Waals surface area (Å²) < 4.78 is 42.0. The number of nitrogens with zero attached hydrogens (tertiary/aromatic N) is 1. The van der Waals surface area contributed by atoms with Gasteiger partial charge in [-0.3, -0.25) is 14.6 Å². The molecule has 1 heterocycles. The number of rotatable bonds is 12. The Bertz CT molecular complexity index is 1260. The first-order chi connectivity index (χ1) is 18.3. The Morgan fingerprint density at radius 1 is 1.03 bits per heavy atom. The van der Waals surface area contributed by atoms with Gasteiger partial charge in [0.15, 0.2) is 11.5 Å². The van der Waals surface area contributed by atoms with Crippen LogP contribution in [0.15, 0.2) is 60.9 Å². The molecule has 7 nitrogen and oxygen atoms in total. The second-order valence-corrected chi connectivity index (χ2v) is 9.47. The maximum absolute atomic E-state index is 13.0. The number of nitrogens with one attached hydrogen (secondary N) is 1. The Labute approximate surface area is 228 Å². The van der Waals surface area contributed by atoms with Crippen molar-refractivity contribution < 1.29 is 32.6 Å². The summed E-state index contributed by atoms with van der Waals surface area (Å²) in [6.07, 6.45) is 3.92. The molecule has 2 aromatic carbocycles. The minimum atomic E-state index is -3.04. The number of benzene rings is 2. The van der Waals surface area contributed by atoms with Gasteiger partial charge in [0.05, 0.1) is 16.7 Å². The van der Waals surface area contributed by atoms with E-state index in [0.29, 0.717) is 29.2 Å². The normalized spacial score (nSPS) is 13.6. The quantitative estimate of drug-likeness (QED) is 0.270. The molecule has 1 saturated carbocycles. The van der Waals surface area contributed by atoms with E-state index in [1.165, 1.54) is 30.6 Å². The molecule has 11 heteroatoms. The van der Waals surface area contributed by atoms with Crippen LogP contribution in [0.4, 0.5) is 8.78 Å². The maximum atomic E-state index is 13.0. The van der Waals surface area contributed by atoms with Crippen molar-refractivity contribution in [3.63, 3.8) is 0 Å². The SMILES string of the molecule is O=C(CNC(=O)c1ccccc1)O[C@@H](Cc1c(Cl)cncc1Cl)c1ccc(OC(F)F)c(OCC2CC2)c1. The van der Waals surface area contributed by atoms with Crippen LogP contribution in [-0.4, -0.2) is 36.6 Å². The minimum Gasteiger partial charge on any atom is -0.489 e. The molecule has 0 saturated heterocycles. The lowest BCUT2D eigenvalue weighted by Gasteiger charge is -2.21. The van der Waals surface area contributed by atoms with E-state index < -0.39 is 31.1 Å². The van der Waals surface area contributed by atoms with Gasteiger partial charge >= 0.3 is 12.6 Å². The Morgan fingerprint density at radius 3 is 2.39 bits per heavy atom. The second-order valence-electron chi connectivity index (χ2n) is 8.65. The van der Waals surface area contributed by atoms with E-state index >= 15 is 0 Å². The third kappa shape index (κ3) is 7.79. The molecule has 200 valence electrons. The molecule has 1 aliphatic rings. The summed E-state index contributed by atoms with van der Waals surface area (Å²) in [4.78, 5) is 29.0. The molecule has 3 aromatic rings. The van der Waals surface area contributed by atoms with Crippen LogP contribution in [0.3, 0.4) is 0 Å². The van der Waals surface area contributed by atoms with Crippen molar-refractivity contribution in [1.29, 1.82) is 0 Å². The molecule has 1 N–H and O–H groups in total. The number of pyridine rings is 1. The predicted octanol–water partition coefficient (Wildman–Crippen LogP) is 6.04. The monoisotopic (exact) mass is 564 g/mol. The summed E-state index contributed by atoms with van der Waals surface area (Å²) in [5, 5.41) is 3.05. The van der Waals surface area contributed by atoms with Crippen LogP contribution < -0.4 is 14.8 Å². The van der Waals surface area contributed by atoms with Crippen molar-refractivity contribution in [2.24, 2.45) is 5.92 Å². The number of hydrogen-bond acceptors (Lipinski definition) is 6. The van der Waals surface area contributed by atoms with Gasteiger partial charge in [-0.2, -0.15) is 8.78 Å². The highest BCUT2D eigenvalue weighted by atomic mass is 35.5. The molecule has 38 heavy (non-hydrogen) atoms. The minimum absolute atomic E-state index is 0.0513. The van der Waals surface area contributed by atoms with Crippen LogP contribution in [-0.2, 0) is 16.0 Å². The standard InChI is InChI=1S/C27H24Cl2F2N2O5/c28-20-12-32-13-21(29)19(20)11-23(37-25(34)14-33-26(35)17-4-2-1-3-5-17)18-8-9-22(38-27(30)31)24(10-18)36-15-16-6-7-16/h1-5,8-10,12-13,16,23,27H,6-7,11,14-15H2,(H,33,35)/t23-/m0/s1. The number of amides is 1. The van der Waals surface area contributed by atoms with E-state index in [-0.39, 0.29) is 28.0 Å². The summed E-state index contributed by atoms with van der Waals surface area (Å²) >= 11 is 12.6. The molecule has 1 aliphatic carbocycles. The molecule has 0 aliphatic heterocycles. The first-order valence-corrected chi connectivity index (χ1v) is 12.6. The number of halogens is 4. The molecule has 4 rings (SSSR count). The number of aromatic nitrogens is 1. The summed E-state index contributed by atoms with van der Waals surface area (Å²) in [5.74, 6) is -0.850. The molecule has 1 aromatic heterocycles. The average Bonchev–Trinajstić information content (AvgIpc) is 3.73. The van der Waals surface area contributed by atoms with Crippen LogP contribution in [0.1, 0.15) is 40.4 Å². The van der Waals surface area contributed by atoms with Gasteiger partial charge in [-0.15, -0.1) is 0 Å². The largest absolute Gasteiger partial charge is 0.489 e. The highest BCUT2D eigenvalue weighted by molar-refractivity contribution is 6.35. The molecule has 0 bridgehead atoms. The summed E-state index contributed by atoms with van der Waals surface area (Å²) in [6.45, 7) is -3.10. The highest BCUT2D eigenvalue weighted by Gasteiger charge is 2.26. The molecular formula is C27H24Cl2F2N2O5. The van der Waals surface area contributed by atoms with Crippen LogP contribution in [0, 0.1) is 5.92 Å². The van der Waals surface area contributed by atoms with Crippen molar-refractivity contribution in [3.8, 4) is 11.5 Å². The van der Waals surface area contributed by atoms with Crippen LogP contribution in [0.25, 0.3) is 0 Å². The highest BCUT2D eigenvalue weighted by Crippen LogP contribution is 2.37. The number of carbonyl (C=O) groups excluding carboxylic acids is 2. The van der Waals surface area contributed by atoms with E-state index in [9.17, 15) is 18.4 Å². The van der Waals surface area contributed by atoms with Gasteiger partial charge in [-0.05, 0) is 54.2 Å². The molecule has 1 amide bonds. The fraction of sp³-hybridized carbons (Fsp3) is 0.296. The van der Waals surface area contributed by atoms with Crippen LogP contribution in [0.2, 0.25) is 10.0 Å². The number of alkyl halides is 2. The van der Waals surface area contributed by atoms with Crippen molar-refractivity contribution in [1.82, 2.24) is 10.3 Å². The molecule has 1 fully saturated rings. The summed E-state index contributed by atoms with van der Waals surface area (Å²) in [7, 11) is 0. The Hall–Kier alpha value is -3.43. The van der Waals surface area contributed by atoms with Crippen molar-refractivity contribution >= 4 is 35.1 Å². The van der Waals surface area contributed by atoms with Gasteiger partial charge in [-0.25, -0.2) is 0 Å². The van der Waals surface area contributed by atoms with E-state index in [4.69, 9.17) is 32.7 Å². The molecule has 0 radical (unpaired) electrons. The van der Waals surface area contributed by atoms with Crippen molar-refractivity contribution in [2.75, 3.05) is 13.2 Å². The van der Waals surface area contributed by atoms with Gasteiger partial charge in [0.1, 0.15) is 12.6 Å². The average molecular weight is 565 g/mol. The van der Waals surface area contributed by atoms with Gasteiger partial charge in [0.2, 0.25) is 0 Å². The third-order valence-electron chi connectivity index (χ3n) is 5.77. The smallest absolute Gasteiger partial charge is 0.387 e. The molecular weight excluding hydrogens is 541 g/mol. The molecule has 0 spiro atoms. The van der Waals surface area contributed by atoms with E-state index in [1.54, 1.807) is 30.3 Å². The fourth-order valence-corrected chi connectivity index (χ4v) is 4.13. The lowest BCUT2D eigenvalue weighted by molar-refractivity contribution is -0.148. The topological polar surface area (TPSA) is 86.8 Å². The number of esters is 1. The Kier molecular flexibility index (Phi) is 9.36. The van der Waals surface area contributed by atoms with Gasteiger partial charge in [0.25, 0.3) is 5.91 Å².